The van der Waals surface area contributed by atoms with Gasteiger partial charge in [-0.2, -0.15) is 0 Å². The summed E-state index contributed by atoms with van der Waals surface area (Å²) in [5, 5.41) is 12.3. The molecule has 2 N–H and O–H groups in total. The second-order valence-corrected chi connectivity index (χ2v) is 4.99. The molecule has 0 unspecified atom stereocenters. The third-order valence-corrected chi connectivity index (χ3v) is 3.51. The van der Waals surface area contributed by atoms with Crippen LogP contribution in [0.25, 0.3) is 0 Å². The largest absolute Gasteiger partial charge is 0.506 e. The van der Waals surface area contributed by atoms with Crippen molar-refractivity contribution in [2.75, 3.05) is 6.61 Å². The van der Waals surface area contributed by atoms with E-state index in [4.69, 9.17) is 4.74 Å². The Kier molecular flexibility index (Phi) is 3.57. The van der Waals surface area contributed by atoms with E-state index in [0.29, 0.717) is 12.2 Å². The van der Waals surface area contributed by atoms with Crippen molar-refractivity contribution < 1.29 is 14.6 Å². The number of nitrogens with zero attached hydrogens (tertiary/aromatic N) is 3. The van der Waals surface area contributed by atoms with Crippen LogP contribution in [0, 0.1) is 0 Å². The molecule has 1 fully saturated rings. The van der Waals surface area contributed by atoms with Crippen LogP contribution in [0.2, 0.25) is 0 Å². The molecule has 21 heavy (non-hydrogen) atoms. The fourth-order valence-corrected chi connectivity index (χ4v) is 2.45. The van der Waals surface area contributed by atoms with Gasteiger partial charge in [0.1, 0.15) is 17.7 Å². The smallest absolute Gasteiger partial charge is 0.253 e. The van der Waals surface area contributed by atoms with Gasteiger partial charge < -0.3 is 19.7 Å². The molecule has 3 rings (SSSR count). The van der Waals surface area contributed by atoms with Gasteiger partial charge in [0.25, 0.3) is 5.91 Å². The van der Waals surface area contributed by atoms with E-state index >= 15 is 0 Å². The van der Waals surface area contributed by atoms with E-state index in [1.54, 1.807) is 6.20 Å². The first kappa shape index (κ1) is 13.6. The molecule has 7 heteroatoms. The molecule has 2 aromatic rings. The Morgan fingerprint density at radius 1 is 1.52 bits per heavy atom. The second kappa shape index (κ2) is 5.53. The van der Waals surface area contributed by atoms with Crippen molar-refractivity contribution >= 4 is 5.91 Å². The van der Waals surface area contributed by atoms with Crippen LogP contribution in [0.1, 0.15) is 28.7 Å². The van der Waals surface area contributed by atoms with Crippen molar-refractivity contribution in [2.45, 2.75) is 18.6 Å². The minimum Gasteiger partial charge on any atom is -0.506 e. The predicted molar refractivity (Wildman–Crippen MR) is 73.7 cm³/mol. The zero-order valence-electron chi connectivity index (χ0n) is 11.6. The molecular weight excluding hydrogens is 272 g/mol. The molecule has 1 aliphatic rings. The minimum absolute atomic E-state index is 0.0361. The quantitative estimate of drug-likeness (QED) is 0.871. The summed E-state index contributed by atoms with van der Waals surface area (Å²) in [6.07, 6.45) is 6.70. The molecule has 0 bridgehead atoms. The van der Waals surface area contributed by atoms with E-state index in [0.717, 1.165) is 12.2 Å². The molecule has 7 nitrogen and oxygen atoms in total. The van der Waals surface area contributed by atoms with Gasteiger partial charge in [-0.25, -0.2) is 4.98 Å². The summed E-state index contributed by atoms with van der Waals surface area (Å²) in [5.41, 5.74) is 0.320. The number of aromatic hydroxyl groups is 1. The number of ether oxygens (including phenoxy) is 1. The Labute approximate surface area is 121 Å². The van der Waals surface area contributed by atoms with Gasteiger partial charge in [0, 0.05) is 32.2 Å². The van der Waals surface area contributed by atoms with Gasteiger partial charge in [-0.15, -0.1) is 0 Å². The van der Waals surface area contributed by atoms with Crippen molar-refractivity contribution in [1.29, 1.82) is 0 Å². The monoisotopic (exact) mass is 288 g/mol. The fourth-order valence-electron chi connectivity index (χ4n) is 2.45. The first-order valence-corrected chi connectivity index (χ1v) is 6.69. The maximum absolute atomic E-state index is 12.2. The Hall–Kier alpha value is -2.41. The second-order valence-electron chi connectivity index (χ2n) is 4.99. The number of imidazole rings is 1. The van der Waals surface area contributed by atoms with Crippen molar-refractivity contribution in [3.05, 3.63) is 42.2 Å². The summed E-state index contributed by atoms with van der Waals surface area (Å²) in [6, 6.07) is 1.23. The SMILES string of the molecule is Cn1ccnc1[C@H]1OCC[C@@H]1NC(=O)c1cncc(O)c1. The zero-order valence-corrected chi connectivity index (χ0v) is 11.6. The maximum Gasteiger partial charge on any atom is 0.253 e. The van der Waals surface area contributed by atoms with Gasteiger partial charge >= 0.3 is 0 Å². The first-order chi connectivity index (χ1) is 10.1. The molecule has 0 aliphatic carbocycles. The molecule has 0 spiro atoms. The lowest BCUT2D eigenvalue weighted by molar-refractivity contribution is 0.0778. The molecule has 0 saturated carbocycles. The van der Waals surface area contributed by atoms with Crippen LogP contribution >= 0.6 is 0 Å². The summed E-state index contributed by atoms with van der Waals surface area (Å²) >= 11 is 0. The van der Waals surface area contributed by atoms with Crippen LogP contribution in [-0.2, 0) is 11.8 Å². The van der Waals surface area contributed by atoms with Gasteiger partial charge in [0.2, 0.25) is 0 Å². The van der Waals surface area contributed by atoms with Gasteiger partial charge in [-0.05, 0) is 12.5 Å². The summed E-state index contributed by atoms with van der Waals surface area (Å²) in [5.74, 6) is 0.464. The normalized spacial score (nSPS) is 21.4. The molecule has 0 aromatic carbocycles. The number of carbonyl (C=O) groups excluding carboxylic acids is 1. The molecule has 1 saturated heterocycles. The van der Waals surface area contributed by atoms with E-state index in [2.05, 4.69) is 15.3 Å². The molecule has 1 aliphatic heterocycles. The predicted octanol–water partition coefficient (Wildman–Crippen LogP) is 0.781. The number of hydrogen-bond donors (Lipinski definition) is 2. The van der Waals surface area contributed by atoms with E-state index in [1.165, 1.54) is 18.5 Å². The Morgan fingerprint density at radius 3 is 3.10 bits per heavy atom. The van der Waals surface area contributed by atoms with Crippen LogP contribution in [0.5, 0.6) is 5.75 Å². The van der Waals surface area contributed by atoms with E-state index in [9.17, 15) is 9.90 Å². The minimum atomic E-state index is -0.284. The van der Waals surface area contributed by atoms with Gasteiger partial charge in [0.15, 0.2) is 0 Å². The van der Waals surface area contributed by atoms with Crippen LogP contribution < -0.4 is 5.32 Å². The number of rotatable bonds is 3. The van der Waals surface area contributed by atoms with Crippen molar-refractivity contribution in [1.82, 2.24) is 19.9 Å². The highest BCUT2D eigenvalue weighted by molar-refractivity contribution is 5.94. The lowest BCUT2D eigenvalue weighted by atomic mass is 10.1. The number of pyridine rings is 1. The molecule has 3 heterocycles. The number of aromatic nitrogens is 3. The molecule has 2 aromatic heterocycles. The highest BCUT2D eigenvalue weighted by Crippen LogP contribution is 2.28. The van der Waals surface area contributed by atoms with Gasteiger partial charge in [-0.3, -0.25) is 9.78 Å². The summed E-state index contributed by atoms with van der Waals surface area (Å²) in [7, 11) is 1.89. The third kappa shape index (κ3) is 2.73. The molecule has 110 valence electrons. The zero-order chi connectivity index (χ0) is 14.8. The van der Waals surface area contributed by atoms with Crippen molar-refractivity contribution in [2.24, 2.45) is 7.05 Å². The van der Waals surface area contributed by atoms with Crippen LogP contribution in [0.3, 0.4) is 0 Å². The number of amides is 1. The number of aryl methyl sites for hydroxylation is 1. The molecule has 2 atom stereocenters. The summed E-state index contributed by atoms with van der Waals surface area (Å²) in [4.78, 5) is 20.3. The van der Waals surface area contributed by atoms with Gasteiger partial charge in [-0.1, -0.05) is 0 Å². The Balaban J connectivity index is 1.75. The maximum atomic E-state index is 12.2. The van der Waals surface area contributed by atoms with Crippen LogP contribution in [0.15, 0.2) is 30.9 Å². The molecule has 0 radical (unpaired) electrons. The van der Waals surface area contributed by atoms with Gasteiger partial charge in [0.05, 0.1) is 17.8 Å². The third-order valence-electron chi connectivity index (χ3n) is 3.51. The first-order valence-electron chi connectivity index (χ1n) is 6.69. The standard InChI is InChI=1S/C14H16N4O3/c1-18-4-3-16-13(18)12-11(2-5-21-12)17-14(20)9-6-10(19)8-15-7-9/h3-4,6-8,11-12,19H,2,5H2,1H3,(H,17,20)/t11-,12-/m0/s1. The number of hydrogen-bond acceptors (Lipinski definition) is 5. The lowest BCUT2D eigenvalue weighted by Gasteiger charge is -2.19. The van der Waals surface area contributed by atoms with E-state index in [-0.39, 0.29) is 23.8 Å². The lowest BCUT2D eigenvalue weighted by Crippen LogP contribution is -2.37. The fraction of sp³-hybridized carbons (Fsp3) is 0.357. The number of nitrogens with one attached hydrogen (secondary N) is 1. The van der Waals surface area contributed by atoms with Crippen molar-refractivity contribution in [3.63, 3.8) is 0 Å². The Bertz CT molecular complexity index is 655. The topological polar surface area (TPSA) is 89.3 Å². The highest BCUT2D eigenvalue weighted by Gasteiger charge is 2.33. The number of carbonyl (C=O) groups is 1. The molecule has 1 amide bonds. The molecular formula is C14H16N4O3. The van der Waals surface area contributed by atoms with Crippen LogP contribution in [0.4, 0.5) is 0 Å². The van der Waals surface area contributed by atoms with Crippen LogP contribution in [-0.4, -0.2) is 38.2 Å². The van der Waals surface area contributed by atoms with E-state index < -0.39 is 0 Å². The highest BCUT2D eigenvalue weighted by atomic mass is 16.5. The summed E-state index contributed by atoms with van der Waals surface area (Å²) in [6.45, 7) is 0.570. The summed E-state index contributed by atoms with van der Waals surface area (Å²) < 4.78 is 7.57. The van der Waals surface area contributed by atoms with E-state index in [1.807, 2.05) is 17.8 Å². The Morgan fingerprint density at radius 2 is 2.38 bits per heavy atom. The average Bonchev–Trinajstić information content (AvgIpc) is 3.07. The average molecular weight is 288 g/mol. The van der Waals surface area contributed by atoms with Crippen molar-refractivity contribution in [3.8, 4) is 5.75 Å².